The highest BCUT2D eigenvalue weighted by molar-refractivity contribution is 6.09. The van der Waals surface area contributed by atoms with Gasteiger partial charge in [-0.05, 0) is 47.5 Å². The van der Waals surface area contributed by atoms with Crippen LogP contribution in [0.5, 0.6) is 11.5 Å². The van der Waals surface area contributed by atoms with Crippen molar-refractivity contribution in [2.75, 3.05) is 0 Å². The quantitative estimate of drug-likeness (QED) is 0.185. The van der Waals surface area contributed by atoms with Gasteiger partial charge in [-0.2, -0.15) is 0 Å². The van der Waals surface area contributed by atoms with Gasteiger partial charge >= 0.3 is 0 Å². The lowest BCUT2D eigenvalue weighted by Gasteiger charge is -2.41. The standard InChI is InChI=1S/C47H30N2O2/c1-3-15-31(16-4-1)40-30-41(37-23-14-22-36-35-21-7-10-26-42(35)51-45(36)37)49-46(48-40)32-17-13-20-34(29-32)47(33-18-5-2-6-19-33)38-24-8-11-27-43(38)50-44-28-12-9-25-39(44)47/h1-30H. The summed E-state index contributed by atoms with van der Waals surface area (Å²) in [7, 11) is 0. The van der Waals surface area contributed by atoms with Gasteiger partial charge in [-0.1, -0.05) is 146 Å². The van der Waals surface area contributed by atoms with Crippen molar-refractivity contribution in [2.45, 2.75) is 5.41 Å². The van der Waals surface area contributed by atoms with E-state index in [4.69, 9.17) is 19.1 Å². The minimum absolute atomic E-state index is 0.637. The highest BCUT2D eigenvalue weighted by Gasteiger charge is 2.45. The summed E-state index contributed by atoms with van der Waals surface area (Å²) < 4.78 is 13.0. The molecule has 0 N–H and O–H groups in total. The van der Waals surface area contributed by atoms with E-state index >= 15 is 0 Å². The third-order valence-electron chi connectivity index (χ3n) is 10.0. The third kappa shape index (κ3) is 4.61. The lowest BCUT2D eigenvalue weighted by molar-refractivity contribution is 0.434. The maximum Gasteiger partial charge on any atom is 0.160 e. The number of benzene rings is 7. The molecular weight excluding hydrogens is 625 g/mol. The van der Waals surface area contributed by atoms with Crippen LogP contribution < -0.4 is 4.74 Å². The summed E-state index contributed by atoms with van der Waals surface area (Å²) in [5.74, 6) is 2.32. The van der Waals surface area contributed by atoms with Crippen molar-refractivity contribution in [1.82, 2.24) is 9.97 Å². The Balaban J connectivity index is 1.23. The van der Waals surface area contributed by atoms with Gasteiger partial charge < -0.3 is 9.15 Å². The highest BCUT2D eigenvalue weighted by Crippen LogP contribution is 2.55. The summed E-state index contributed by atoms with van der Waals surface area (Å²) in [6.45, 7) is 0. The molecule has 0 spiro atoms. The molecule has 10 rings (SSSR count). The Morgan fingerprint density at radius 1 is 0.431 bits per heavy atom. The molecular formula is C47H30N2O2. The Kier molecular flexibility index (Phi) is 6.68. The molecule has 3 heterocycles. The zero-order valence-corrected chi connectivity index (χ0v) is 27.5. The van der Waals surface area contributed by atoms with Gasteiger partial charge in [0.05, 0.1) is 16.8 Å². The molecule has 0 bridgehead atoms. The van der Waals surface area contributed by atoms with Crippen LogP contribution in [0.25, 0.3) is 55.8 Å². The van der Waals surface area contributed by atoms with Crippen LogP contribution in [0.3, 0.4) is 0 Å². The predicted molar refractivity (Wildman–Crippen MR) is 204 cm³/mol. The molecule has 1 aliphatic heterocycles. The van der Waals surface area contributed by atoms with Crippen molar-refractivity contribution < 1.29 is 9.15 Å². The van der Waals surface area contributed by atoms with E-state index in [0.29, 0.717) is 5.82 Å². The number of fused-ring (bicyclic) bond motifs is 5. The van der Waals surface area contributed by atoms with Gasteiger partial charge in [0.25, 0.3) is 0 Å². The van der Waals surface area contributed by atoms with Crippen LogP contribution >= 0.6 is 0 Å². The van der Waals surface area contributed by atoms with Crippen LogP contribution in [-0.2, 0) is 5.41 Å². The molecule has 0 unspecified atom stereocenters. The van der Waals surface area contributed by atoms with E-state index in [0.717, 1.165) is 83.8 Å². The van der Waals surface area contributed by atoms with E-state index in [1.54, 1.807) is 0 Å². The van der Waals surface area contributed by atoms with Gasteiger partial charge in [0, 0.05) is 38.6 Å². The first-order valence-corrected chi connectivity index (χ1v) is 17.2. The van der Waals surface area contributed by atoms with E-state index in [1.807, 2.05) is 48.5 Å². The largest absolute Gasteiger partial charge is 0.457 e. The van der Waals surface area contributed by atoms with E-state index < -0.39 is 5.41 Å². The summed E-state index contributed by atoms with van der Waals surface area (Å²) in [4.78, 5) is 10.5. The molecule has 4 heteroatoms. The molecule has 0 atom stereocenters. The van der Waals surface area contributed by atoms with E-state index in [9.17, 15) is 0 Å². The second-order valence-corrected chi connectivity index (χ2v) is 12.9. The molecule has 0 amide bonds. The van der Waals surface area contributed by atoms with E-state index in [2.05, 4.69) is 133 Å². The van der Waals surface area contributed by atoms with Gasteiger partial charge in [-0.15, -0.1) is 0 Å². The maximum atomic E-state index is 6.54. The monoisotopic (exact) mass is 654 g/mol. The molecule has 0 fully saturated rings. The molecule has 0 aliphatic carbocycles. The Labute approximate surface area is 295 Å². The lowest BCUT2D eigenvalue weighted by atomic mass is 9.63. The molecule has 9 aromatic rings. The van der Waals surface area contributed by atoms with Gasteiger partial charge in [0.1, 0.15) is 22.7 Å². The Morgan fingerprint density at radius 2 is 1.02 bits per heavy atom. The summed E-state index contributed by atoms with van der Waals surface area (Å²) in [6, 6.07) is 63.0. The predicted octanol–water partition coefficient (Wildman–Crippen LogP) is 11.9. The number of ether oxygens (including phenoxy) is 1. The normalized spacial score (nSPS) is 13.0. The third-order valence-corrected chi connectivity index (χ3v) is 10.0. The lowest BCUT2D eigenvalue weighted by Crippen LogP contribution is -2.34. The van der Waals surface area contributed by atoms with Crippen LogP contribution in [-0.4, -0.2) is 9.97 Å². The molecule has 2 aromatic heterocycles. The summed E-state index contributed by atoms with van der Waals surface area (Å²) in [5, 5.41) is 2.15. The maximum absolute atomic E-state index is 6.54. The summed E-state index contributed by atoms with van der Waals surface area (Å²) >= 11 is 0. The Bertz CT molecular complexity index is 2690. The fraction of sp³-hybridized carbons (Fsp3) is 0.0213. The number of nitrogens with zero attached hydrogens (tertiary/aromatic N) is 2. The van der Waals surface area contributed by atoms with Gasteiger partial charge in [0.15, 0.2) is 5.82 Å². The average molecular weight is 655 g/mol. The highest BCUT2D eigenvalue weighted by atomic mass is 16.5. The van der Waals surface area contributed by atoms with Gasteiger partial charge in [-0.25, -0.2) is 9.97 Å². The first-order chi connectivity index (χ1) is 25.3. The second-order valence-electron chi connectivity index (χ2n) is 12.9. The van der Waals surface area contributed by atoms with Crippen LogP contribution in [0.2, 0.25) is 0 Å². The minimum Gasteiger partial charge on any atom is -0.457 e. The Hall–Kier alpha value is -6.78. The van der Waals surface area contributed by atoms with E-state index in [1.165, 1.54) is 0 Å². The summed E-state index contributed by atoms with van der Waals surface area (Å²) in [5.41, 5.74) is 9.95. The fourth-order valence-corrected chi connectivity index (χ4v) is 7.78. The number of furan rings is 1. The fourth-order valence-electron chi connectivity index (χ4n) is 7.78. The molecule has 240 valence electrons. The van der Waals surface area contributed by atoms with Crippen LogP contribution in [0, 0.1) is 0 Å². The van der Waals surface area contributed by atoms with Crippen molar-refractivity contribution in [2.24, 2.45) is 0 Å². The number of aromatic nitrogens is 2. The molecule has 0 radical (unpaired) electrons. The van der Waals surface area contributed by atoms with Crippen LogP contribution in [0.15, 0.2) is 186 Å². The van der Waals surface area contributed by atoms with Crippen molar-refractivity contribution in [3.05, 3.63) is 204 Å². The summed E-state index contributed by atoms with van der Waals surface area (Å²) in [6.07, 6.45) is 0. The topological polar surface area (TPSA) is 48.2 Å². The first kappa shape index (κ1) is 29.2. The molecule has 51 heavy (non-hydrogen) atoms. The van der Waals surface area contributed by atoms with Crippen molar-refractivity contribution >= 4 is 21.9 Å². The van der Waals surface area contributed by atoms with Gasteiger partial charge in [0.2, 0.25) is 0 Å². The Morgan fingerprint density at radius 3 is 1.80 bits per heavy atom. The number of hydrogen-bond donors (Lipinski definition) is 0. The number of para-hydroxylation sites is 4. The molecule has 4 nitrogen and oxygen atoms in total. The zero-order chi connectivity index (χ0) is 33.8. The van der Waals surface area contributed by atoms with Crippen molar-refractivity contribution in [3.8, 4) is 45.4 Å². The first-order valence-electron chi connectivity index (χ1n) is 17.2. The SMILES string of the molecule is c1ccc(-c2cc(-c3cccc4c3oc3ccccc34)nc(-c3cccc(C4(c5ccccc5)c5ccccc5Oc5ccccc54)c3)n2)cc1. The van der Waals surface area contributed by atoms with Crippen LogP contribution in [0.4, 0.5) is 0 Å². The number of rotatable bonds is 5. The molecule has 0 saturated carbocycles. The molecule has 0 saturated heterocycles. The smallest absolute Gasteiger partial charge is 0.160 e. The van der Waals surface area contributed by atoms with E-state index in [-0.39, 0.29) is 0 Å². The van der Waals surface area contributed by atoms with Crippen LogP contribution in [0.1, 0.15) is 22.3 Å². The van der Waals surface area contributed by atoms with Crippen molar-refractivity contribution in [1.29, 1.82) is 0 Å². The number of hydrogen-bond acceptors (Lipinski definition) is 4. The molecule has 1 aliphatic rings. The zero-order valence-electron chi connectivity index (χ0n) is 27.5. The second kappa shape index (κ2) is 11.7. The van der Waals surface area contributed by atoms with Crippen molar-refractivity contribution in [3.63, 3.8) is 0 Å². The average Bonchev–Trinajstić information content (AvgIpc) is 3.59. The minimum atomic E-state index is -0.650. The van der Waals surface area contributed by atoms with Gasteiger partial charge in [-0.3, -0.25) is 0 Å². The molecule has 7 aromatic carbocycles.